The van der Waals surface area contributed by atoms with Gasteiger partial charge in [-0.15, -0.1) is 0 Å². The van der Waals surface area contributed by atoms with Crippen LogP contribution in [0.25, 0.3) is 0 Å². The topological polar surface area (TPSA) is 139 Å². The number of nitro groups is 1. The number of hydrogen-bond donors (Lipinski definition) is 1. The van der Waals surface area contributed by atoms with Crippen LogP contribution in [0, 0.1) is 17.0 Å². The lowest BCUT2D eigenvalue weighted by atomic mass is 10.1. The first-order chi connectivity index (χ1) is 21.1. The Morgan fingerprint density at radius 1 is 1.02 bits per heavy atom. The quantitative estimate of drug-likeness (QED) is 0.161. The number of anilines is 1. The molecule has 0 aromatic heterocycles. The number of aryl methyl sites for hydroxylation is 1. The summed E-state index contributed by atoms with van der Waals surface area (Å²) in [6.07, 6.45) is 0.641. The molecule has 0 saturated heterocycles. The maximum absolute atomic E-state index is 14.2. The summed E-state index contributed by atoms with van der Waals surface area (Å²) in [6, 6.07) is 11.1. The molecule has 3 rings (SSSR count). The molecule has 0 bridgehead atoms. The Morgan fingerprint density at radius 3 is 2.31 bits per heavy atom. The Hall–Kier alpha value is -3.58. The van der Waals surface area contributed by atoms with Crippen molar-refractivity contribution in [3.63, 3.8) is 0 Å². The fraction of sp³-hybridized carbons (Fsp3) is 0.333. The van der Waals surface area contributed by atoms with Gasteiger partial charge in [-0.3, -0.25) is 24.0 Å². The predicted molar refractivity (Wildman–Crippen MR) is 175 cm³/mol. The van der Waals surface area contributed by atoms with E-state index in [1.807, 2.05) is 13.8 Å². The van der Waals surface area contributed by atoms with Crippen molar-refractivity contribution in [1.82, 2.24) is 10.2 Å². The molecule has 3 aromatic carbocycles. The molecule has 0 aliphatic heterocycles. The Balaban J connectivity index is 2.17. The number of sulfonamides is 1. The van der Waals surface area contributed by atoms with Crippen LogP contribution < -0.4 is 14.4 Å². The van der Waals surface area contributed by atoms with E-state index in [4.69, 9.17) is 39.5 Å². The van der Waals surface area contributed by atoms with Gasteiger partial charge in [-0.25, -0.2) is 8.42 Å². The number of halogens is 3. The van der Waals surface area contributed by atoms with Crippen molar-refractivity contribution in [2.75, 3.05) is 18.0 Å². The summed E-state index contributed by atoms with van der Waals surface area (Å²) < 4.78 is 34.6. The molecule has 3 aromatic rings. The van der Waals surface area contributed by atoms with Crippen molar-refractivity contribution in [1.29, 1.82) is 0 Å². The molecule has 0 aliphatic carbocycles. The molecule has 242 valence electrons. The number of hydrogen-bond acceptors (Lipinski definition) is 7. The van der Waals surface area contributed by atoms with E-state index in [1.54, 1.807) is 18.2 Å². The first-order valence-corrected chi connectivity index (χ1v) is 16.3. The molecular weight excluding hydrogens is 667 g/mol. The smallest absolute Gasteiger partial charge is 0.273 e. The van der Waals surface area contributed by atoms with Crippen molar-refractivity contribution in [2.45, 2.75) is 57.6 Å². The second-order valence-corrected chi connectivity index (χ2v) is 13.4. The number of amides is 2. The Labute approximate surface area is 277 Å². The van der Waals surface area contributed by atoms with Gasteiger partial charge in [0.1, 0.15) is 18.3 Å². The Bertz CT molecular complexity index is 1700. The lowest BCUT2D eigenvalue weighted by molar-refractivity contribution is -0.385. The molecule has 0 aliphatic rings. The van der Waals surface area contributed by atoms with E-state index >= 15 is 0 Å². The average molecular weight is 700 g/mol. The third-order valence-corrected chi connectivity index (χ3v) is 9.89. The first-order valence-electron chi connectivity index (χ1n) is 13.8. The average Bonchev–Trinajstić information content (AvgIpc) is 2.99. The second kappa shape index (κ2) is 15.1. The SMILES string of the molecule is CC[C@H](C)NC(=O)[C@H](C)N(Cc1ccc(Cl)c(Cl)c1)C(=O)CN(c1cc(Cl)ccc1OC)S(=O)(=O)c1ccc(C)c([N+](=O)[O-])c1. The Morgan fingerprint density at radius 2 is 1.71 bits per heavy atom. The molecule has 2 atom stereocenters. The fourth-order valence-corrected chi connectivity index (χ4v) is 6.25. The minimum Gasteiger partial charge on any atom is -0.495 e. The number of nitro benzene ring substituents is 1. The van der Waals surface area contributed by atoms with E-state index in [2.05, 4.69) is 5.32 Å². The van der Waals surface area contributed by atoms with E-state index in [0.717, 1.165) is 10.4 Å². The van der Waals surface area contributed by atoms with Crippen LogP contribution in [0.3, 0.4) is 0 Å². The van der Waals surface area contributed by atoms with Crippen LogP contribution in [0.15, 0.2) is 59.5 Å². The van der Waals surface area contributed by atoms with Gasteiger partial charge in [0.25, 0.3) is 15.7 Å². The number of benzene rings is 3. The van der Waals surface area contributed by atoms with Crippen LogP contribution in [-0.4, -0.2) is 55.8 Å². The van der Waals surface area contributed by atoms with Gasteiger partial charge in [-0.2, -0.15) is 0 Å². The first kappa shape index (κ1) is 35.9. The number of methoxy groups -OCH3 is 1. The molecule has 0 unspecified atom stereocenters. The third-order valence-electron chi connectivity index (χ3n) is 7.16. The number of ether oxygens (including phenoxy) is 1. The highest BCUT2D eigenvalue weighted by atomic mass is 35.5. The normalized spacial score (nSPS) is 12.6. The van der Waals surface area contributed by atoms with Crippen molar-refractivity contribution >= 4 is 68.0 Å². The standard InChI is InChI=1S/C30H33Cl3N4O7S/c1-6-19(3)34-30(39)20(4)35(16-21-8-11-24(32)25(33)13-21)29(38)17-36(27-14-22(31)9-12-28(27)44-5)45(42,43)23-10-7-18(2)26(15-23)37(40)41/h7-15,19-20H,6,16-17H2,1-5H3,(H,34,39)/t19-,20-/m0/s1. The summed E-state index contributed by atoms with van der Waals surface area (Å²) >= 11 is 18.5. The zero-order valence-corrected chi connectivity index (χ0v) is 28.3. The maximum atomic E-state index is 14.2. The number of nitrogens with one attached hydrogen (secondary N) is 1. The molecule has 15 heteroatoms. The molecule has 11 nitrogen and oxygen atoms in total. The van der Waals surface area contributed by atoms with Crippen LogP contribution in [-0.2, 0) is 26.2 Å². The van der Waals surface area contributed by atoms with Gasteiger partial charge in [0.15, 0.2) is 0 Å². The zero-order chi connectivity index (χ0) is 33.6. The highest BCUT2D eigenvalue weighted by Gasteiger charge is 2.35. The molecule has 0 fully saturated rings. The summed E-state index contributed by atoms with van der Waals surface area (Å²) in [5.74, 6) is -1.15. The van der Waals surface area contributed by atoms with Gasteiger partial charge in [0, 0.05) is 29.2 Å². The molecule has 2 amide bonds. The van der Waals surface area contributed by atoms with Crippen molar-refractivity contribution in [3.8, 4) is 5.75 Å². The summed E-state index contributed by atoms with van der Waals surface area (Å²) in [6.45, 7) is 5.77. The van der Waals surface area contributed by atoms with E-state index < -0.39 is 49.9 Å². The molecule has 0 heterocycles. The third kappa shape index (κ3) is 8.57. The Kier molecular flexibility index (Phi) is 12.1. The van der Waals surface area contributed by atoms with Crippen molar-refractivity contribution in [3.05, 3.63) is 90.9 Å². The summed E-state index contributed by atoms with van der Waals surface area (Å²) in [5, 5.41) is 15.2. The minimum absolute atomic E-state index is 0.0657. The number of rotatable bonds is 13. The van der Waals surface area contributed by atoms with Gasteiger partial charge in [0.05, 0.1) is 32.7 Å². The molecule has 0 radical (unpaired) electrons. The zero-order valence-electron chi connectivity index (χ0n) is 25.2. The highest BCUT2D eigenvalue weighted by Crippen LogP contribution is 2.36. The largest absolute Gasteiger partial charge is 0.495 e. The van der Waals surface area contributed by atoms with E-state index in [0.29, 0.717) is 17.0 Å². The van der Waals surface area contributed by atoms with Crippen molar-refractivity contribution in [2.24, 2.45) is 0 Å². The van der Waals surface area contributed by atoms with E-state index in [-0.39, 0.29) is 39.6 Å². The summed E-state index contributed by atoms with van der Waals surface area (Å²) in [5.41, 5.74) is 0.269. The van der Waals surface area contributed by atoms with E-state index in [1.165, 1.54) is 56.2 Å². The lowest BCUT2D eigenvalue weighted by Crippen LogP contribution is -2.52. The second-order valence-electron chi connectivity index (χ2n) is 10.3. The fourth-order valence-electron chi connectivity index (χ4n) is 4.33. The molecule has 0 saturated carbocycles. The highest BCUT2D eigenvalue weighted by molar-refractivity contribution is 7.92. The maximum Gasteiger partial charge on any atom is 0.273 e. The molecule has 45 heavy (non-hydrogen) atoms. The van der Waals surface area contributed by atoms with Gasteiger partial charge in [-0.1, -0.05) is 53.9 Å². The minimum atomic E-state index is -4.66. The van der Waals surface area contributed by atoms with Gasteiger partial charge < -0.3 is 15.0 Å². The van der Waals surface area contributed by atoms with Crippen LogP contribution in [0.5, 0.6) is 5.75 Å². The summed E-state index contributed by atoms with van der Waals surface area (Å²) in [7, 11) is -3.34. The number of carbonyl (C=O) groups excluding carboxylic acids is 2. The predicted octanol–water partition coefficient (Wildman–Crippen LogP) is 6.40. The van der Waals surface area contributed by atoms with Gasteiger partial charge >= 0.3 is 0 Å². The monoisotopic (exact) mass is 698 g/mol. The molecular formula is C30H33Cl3N4O7S. The lowest BCUT2D eigenvalue weighted by Gasteiger charge is -2.33. The summed E-state index contributed by atoms with van der Waals surface area (Å²) in [4.78, 5) is 39.1. The number of nitrogens with zero attached hydrogens (tertiary/aromatic N) is 3. The van der Waals surface area contributed by atoms with Gasteiger partial charge in [0.2, 0.25) is 11.8 Å². The van der Waals surface area contributed by atoms with Crippen LogP contribution >= 0.6 is 34.8 Å². The molecule has 1 N–H and O–H groups in total. The number of carbonyl (C=O) groups is 2. The molecule has 0 spiro atoms. The van der Waals surface area contributed by atoms with Crippen LogP contribution in [0.2, 0.25) is 15.1 Å². The van der Waals surface area contributed by atoms with Crippen molar-refractivity contribution < 1.29 is 27.7 Å². The van der Waals surface area contributed by atoms with E-state index in [9.17, 15) is 28.1 Å². The van der Waals surface area contributed by atoms with Gasteiger partial charge in [-0.05, 0) is 69.2 Å². The van der Waals surface area contributed by atoms with Crippen LogP contribution in [0.4, 0.5) is 11.4 Å². The van der Waals surface area contributed by atoms with Crippen LogP contribution in [0.1, 0.15) is 38.3 Å².